The number of phenolic OH excluding ortho intramolecular Hbond substituents is 1. The summed E-state index contributed by atoms with van der Waals surface area (Å²) in [4.78, 5) is 2.18. The van der Waals surface area contributed by atoms with E-state index >= 15 is 0 Å². The number of benzene rings is 3. The van der Waals surface area contributed by atoms with Crippen LogP contribution in [0.15, 0.2) is 72.8 Å². The van der Waals surface area contributed by atoms with Gasteiger partial charge in [-0.1, -0.05) is 60.7 Å². The number of rotatable bonds is 9. The fourth-order valence-corrected chi connectivity index (χ4v) is 3.77. The molecule has 3 rings (SSSR count). The molecular weight excluding hydrogens is 404 g/mol. The molecule has 4 nitrogen and oxygen atoms in total. The van der Waals surface area contributed by atoms with Crippen molar-refractivity contribution in [2.45, 2.75) is 26.3 Å². The van der Waals surface area contributed by atoms with Crippen LogP contribution in [-0.4, -0.2) is 35.3 Å². The SMILES string of the molecule is COc1cc(CN(CCc2ccccc2C)C(=S)NCCc2ccccc2)ccc1O. The van der Waals surface area contributed by atoms with Crippen LogP contribution in [0.4, 0.5) is 0 Å². The highest BCUT2D eigenvalue weighted by Crippen LogP contribution is 2.27. The van der Waals surface area contributed by atoms with Crippen molar-refractivity contribution < 1.29 is 9.84 Å². The van der Waals surface area contributed by atoms with E-state index in [9.17, 15) is 5.11 Å². The average molecular weight is 435 g/mol. The zero-order valence-corrected chi connectivity index (χ0v) is 19.0. The largest absolute Gasteiger partial charge is 0.504 e. The number of aryl methyl sites for hydroxylation is 1. The Kier molecular flexibility index (Phi) is 8.30. The Hall–Kier alpha value is -3.05. The summed E-state index contributed by atoms with van der Waals surface area (Å²) in [6.07, 6.45) is 1.82. The number of phenols is 1. The van der Waals surface area contributed by atoms with Crippen molar-refractivity contribution in [3.63, 3.8) is 0 Å². The maximum Gasteiger partial charge on any atom is 0.169 e. The summed E-state index contributed by atoms with van der Waals surface area (Å²) in [7, 11) is 1.56. The molecule has 0 aliphatic heterocycles. The fourth-order valence-electron chi connectivity index (χ4n) is 3.51. The molecule has 3 aromatic carbocycles. The maximum absolute atomic E-state index is 9.91. The third-order valence-electron chi connectivity index (χ3n) is 5.35. The van der Waals surface area contributed by atoms with Gasteiger partial charge >= 0.3 is 0 Å². The topological polar surface area (TPSA) is 44.7 Å². The molecule has 5 heteroatoms. The number of methoxy groups -OCH3 is 1. The second-order valence-corrected chi connectivity index (χ2v) is 7.96. The molecule has 0 atom stereocenters. The van der Waals surface area contributed by atoms with Crippen LogP contribution in [0.25, 0.3) is 0 Å². The lowest BCUT2D eigenvalue weighted by Gasteiger charge is -2.27. The smallest absolute Gasteiger partial charge is 0.169 e. The molecule has 0 fully saturated rings. The van der Waals surface area contributed by atoms with Crippen molar-refractivity contribution >= 4 is 17.3 Å². The molecule has 31 heavy (non-hydrogen) atoms. The quantitative estimate of drug-likeness (QED) is 0.471. The highest BCUT2D eigenvalue weighted by Gasteiger charge is 2.13. The molecule has 2 N–H and O–H groups in total. The van der Waals surface area contributed by atoms with E-state index in [1.807, 2.05) is 18.2 Å². The van der Waals surface area contributed by atoms with Crippen molar-refractivity contribution in [1.82, 2.24) is 10.2 Å². The number of thiocarbonyl (C=S) groups is 1. The Balaban J connectivity index is 1.68. The molecule has 0 unspecified atom stereocenters. The number of ether oxygens (including phenoxy) is 1. The van der Waals surface area contributed by atoms with Crippen LogP contribution in [-0.2, 0) is 19.4 Å². The van der Waals surface area contributed by atoms with Gasteiger partial charge in [-0.15, -0.1) is 0 Å². The van der Waals surface area contributed by atoms with Crippen LogP contribution in [0.5, 0.6) is 11.5 Å². The summed E-state index contributed by atoms with van der Waals surface area (Å²) < 4.78 is 5.27. The van der Waals surface area contributed by atoms with Crippen LogP contribution in [0.1, 0.15) is 22.3 Å². The molecule has 3 aromatic rings. The maximum atomic E-state index is 9.91. The van der Waals surface area contributed by atoms with E-state index in [0.29, 0.717) is 12.3 Å². The average Bonchev–Trinajstić information content (AvgIpc) is 2.79. The van der Waals surface area contributed by atoms with Crippen molar-refractivity contribution in [3.8, 4) is 11.5 Å². The molecular formula is C26H30N2O2S. The number of hydrogen-bond donors (Lipinski definition) is 2. The highest BCUT2D eigenvalue weighted by atomic mass is 32.1. The van der Waals surface area contributed by atoms with Gasteiger partial charge in [-0.2, -0.15) is 0 Å². The van der Waals surface area contributed by atoms with E-state index in [4.69, 9.17) is 17.0 Å². The molecule has 0 heterocycles. The Labute approximate surface area is 190 Å². The number of aromatic hydroxyl groups is 1. The lowest BCUT2D eigenvalue weighted by molar-refractivity contribution is 0.369. The minimum absolute atomic E-state index is 0.140. The summed E-state index contributed by atoms with van der Waals surface area (Å²) in [5.74, 6) is 0.612. The summed E-state index contributed by atoms with van der Waals surface area (Å²) in [5, 5.41) is 14.1. The first kappa shape index (κ1) is 22.6. The van der Waals surface area contributed by atoms with Gasteiger partial charge < -0.3 is 20.1 Å². The normalized spacial score (nSPS) is 10.5. The fraction of sp³-hybridized carbons (Fsp3) is 0.269. The van der Waals surface area contributed by atoms with Crippen molar-refractivity contribution in [2.24, 2.45) is 0 Å². The third kappa shape index (κ3) is 6.72. The number of hydrogen-bond acceptors (Lipinski definition) is 3. The van der Waals surface area contributed by atoms with Crippen molar-refractivity contribution in [2.75, 3.05) is 20.2 Å². The van der Waals surface area contributed by atoms with Crippen LogP contribution >= 0.6 is 12.2 Å². The van der Waals surface area contributed by atoms with Gasteiger partial charge in [0.15, 0.2) is 16.6 Å². The van der Waals surface area contributed by atoms with Crippen LogP contribution in [0, 0.1) is 6.92 Å². The van der Waals surface area contributed by atoms with Gasteiger partial charge in [-0.05, 0) is 66.4 Å². The molecule has 0 aliphatic rings. The van der Waals surface area contributed by atoms with E-state index in [1.165, 1.54) is 16.7 Å². The van der Waals surface area contributed by atoms with E-state index in [1.54, 1.807) is 13.2 Å². The minimum Gasteiger partial charge on any atom is -0.504 e. The standard InChI is InChI=1S/C26H30N2O2S/c1-20-8-6-7-11-23(20)15-17-28(19-22-12-13-24(29)25(18-22)30-2)26(31)27-16-14-21-9-4-3-5-10-21/h3-13,18,29H,14-17,19H2,1-2H3,(H,27,31). The summed E-state index contributed by atoms with van der Waals surface area (Å²) in [5.41, 5.74) is 4.93. The first-order valence-electron chi connectivity index (χ1n) is 10.5. The molecule has 0 spiro atoms. The van der Waals surface area contributed by atoms with Gasteiger partial charge in [-0.3, -0.25) is 0 Å². The second-order valence-electron chi connectivity index (χ2n) is 7.57. The molecule has 162 valence electrons. The van der Waals surface area contributed by atoms with Gasteiger partial charge in [-0.25, -0.2) is 0 Å². The minimum atomic E-state index is 0.140. The molecule has 0 aliphatic carbocycles. The number of nitrogens with one attached hydrogen (secondary N) is 1. The first-order valence-corrected chi connectivity index (χ1v) is 10.9. The van der Waals surface area contributed by atoms with Gasteiger partial charge in [0.1, 0.15) is 0 Å². The summed E-state index contributed by atoms with van der Waals surface area (Å²) in [6.45, 7) is 4.36. The Morgan fingerprint density at radius 2 is 1.71 bits per heavy atom. The molecule has 0 aromatic heterocycles. The predicted octanol–water partition coefficient (Wildman–Crippen LogP) is 4.87. The highest BCUT2D eigenvalue weighted by molar-refractivity contribution is 7.80. The van der Waals surface area contributed by atoms with E-state index in [2.05, 4.69) is 65.7 Å². The van der Waals surface area contributed by atoms with Crippen LogP contribution in [0.3, 0.4) is 0 Å². The lowest BCUT2D eigenvalue weighted by Crippen LogP contribution is -2.41. The second kappa shape index (κ2) is 11.4. The van der Waals surface area contributed by atoms with E-state index in [-0.39, 0.29) is 5.75 Å². The zero-order valence-electron chi connectivity index (χ0n) is 18.2. The molecule has 0 amide bonds. The van der Waals surface area contributed by atoms with Crippen molar-refractivity contribution in [1.29, 1.82) is 0 Å². The van der Waals surface area contributed by atoms with Crippen LogP contribution in [0.2, 0.25) is 0 Å². The zero-order chi connectivity index (χ0) is 22.1. The van der Waals surface area contributed by atoms with Gasteiger partial charge in [0.05, 0.1) is 7.11 Å². The predicted molar refractivity (Wildman–Crippen MR) is 131 cm³/mol. The van der Waals surface area contributed by atoms with Crippen LogP contribution < -0.4 is 10.1 Å². The van der Waals surface area contributed by atoms with E-state index in [0.717, 1.165) is 36.6 Å². The van der Waals surface area contributed by atoms with E-state index < -0.39 is 0 Å². The molecule has 0 saturated carbocycles. The van der Waals surface area contributed by atoms with Gasteiger partial charge in [0.25, 0.3) is 0 Å². The lowest BCUT2D eigenvalue weighted by atomic mass is 10.1. The Morgan fingerprint density at radius 1 is 0.968 bits per heavy atom. The monoisotopic (exact) mass is 434 g/mol. The molecule has 0 radical (unpaired) electrons. The third-order valence-corrected chi connectivity index (χ3v) is 5.75. The first-order chi connectivity index (χ1) is 15.1. The van der Waals surface area contributed by atoms with Gasteiger partial charge in [0, 0.05) is 19.6 Å². The Bertz CT molecular complexity index is 992. The summed E-state index contributed by atoms with van der Waals surface area (Å²) in [6, 6.07) is 24.3. The summed E-state index contributed by atoms with van der Waals surface area (Å²) >= 11 is 5.76. The molecule has 0 saturated heterocycles. The number of nitrogens with zero attached hydrogens (tertiary/aromatic N) is 1. The van der Waals surface area contributed by atoms with Gasteiger partial charge in [0.2, 0.25) is 0 Å². The van der Waals surface area contributed by atoms with Crippen molar-refractivity contribution in [3.05, 3.63) is 95.1 Å². The molecule has 0 bridgehead atoms. The Morgan fingerprint density at radius 3 is 2.45 bits per heavy atom.